The van der Waals surface area contributed by atoms with E-state index in [9.17, 15) is 4.79 Å². The lowest BCUT2D eigenvalue weighted by molar-refractivity contribution is 0.0376. The van der Waals surface area contributed by atoms with Crippen molar-refractivity contribution in [2.75, 3.05) is 53.7 Å². The molecular formula is C30H37N3O5. The Morgan fingerprint density at radius 3 is 2.66 bits per heavy atom. The predicted octanol–water partition coefficient (Wildman–Crippen LogP) is 4.96. The Hall–Kier alpha value is -3.39. The van der Waals surface area contributed by atoms with Crippen molar-refractivity contribution < 1.29 is 23.7 Å². The molecule has 0 spiro atoms. The van der Waals surface area contributed by atoms with Crippen molar-refractivity contribution in [1.29, 1.82) is 0 Å². The molecule has 1 aromatic heterocycles. The number of benzene rings is 2. The van der Waals surface area contributed by atoms with Gasteiger partial charge in [-0.25, -0.2) is 4.79 Å². The molecule has 2 aromatic carbocycles. The summed E-state index contributed by atoms with van der Waals surface area (Å²) in [7, 11) is 3.39. The van der Waals surface area contributed by atoms with E-state index in [2.05, 4.69) is 40.3 Å². The first-order chi connectivity index (χ1) is 18.6. The maximum atomic E-state index is 13.8. The Balaban J connectivity index is 1.32. The lowest BCUT2D eigenvalue weighted by atomic mass is 9.88. The Morgan fingerprint density at radius 2 is 1.89 bits per heavy atom. The summed E-state index contributed by atoms with van der Waals surface area (Å²) in [6, 6.07) is 10.4. The van der Waals surface area contributed by atoms with Crippen LogP contribution in [-0.2, 0) is 17.6 Å². The zero-order valence-electron chi connectivity index (χ0n) is 22.3. The second-order valence-electron chi connectivity index (χ2n) is 10.6. The summed E-state index contributed by atoms with van der Waals surface area (Å²) in [6.45, 7) is 3.85. The molecule has 2 aliphatic heterocycles. The third-order valence-corrected chi connectivity index (χ3v) is 8.14. The number of carbonyl (C=O) groups excluding carboxylic acids is 1. The molecule has 1 N–H and O–H groups in total. The molecule has 6 rings (SSSR count). The molecule has 202 valence electrons. The average molecular weight is 520 g/mol. The van der Waals surface area contributed by atoms with Crippen molar-refractivity contribution in [3.8, 4) is 17.2 Å². The van der Waals surface area contributed by atoms with Gasteiger partial charge in [0.1, 0.15) is 5.75 Å². The van der Waals surface area contributed by atoms with Crippen LogP contribution in [0, 0.1) is 5.92 Å². The third-order valence-electron chi connectivity index (χ3n) is 8.14. The van der Waals surface area contributed by atoms with Gasteiger partial charge in [-0.1, -0.05) is 0 Å². The molecule has 0 bridgehead atoms. The van der Waals surface area contributed by atoms with E-state index in [-0.39, 0.29) is 12.1 Å². The number of methoxy groups -OCH3 is 2. The van der Waals surface area contributed by atoms with Gasteiger partial charge in [0.05, 0.1) is 40.1 Å². The summed E-state index contributed by atoms with van der Waals surface area (Å²) in [4.78, 5) is 21.2. The lowest BCUT2D eigenvalue weighted by Gasteiger charge is -2.41. The number of aromatic amines is 1. The predicted molar refractivity (Wildman–Crippen MR) is 145 cm³/mol. The first kappa shape index (κ1) is 24.9. The first-order valence-corrected chi connectivity index (χ1v) is 13.8. The molecule has 1 atom stereocenters. The highest BCUT2D eigenvalue weighted by Crippen LogP contribution is 2.42. The highest BCUT2D eigenvalue weighted by molar-refractivity contribution is 5.84. The highest BCUT2D eigenvalue weighted by atomic mass is 16.5. The molecule has 1 aliphatic carbocycles. The van der Waals surface area contributed by atoms with E-state index in [1.54, 1.807) is 14.2 Å². The van der Waals surface area contributed by atoms with Crippen LogP contribution in [0.2, 0.25) is 0 Å². The minimum absolute atomic E-state index is 0.0566. The molecule has 2 amide bonds. The van der Waals surface area contributed by atoms with Crippen molar-refractivity contribution in [3.05, 3.63) is 53.2 Å². The number of nitrogens with one attached hydrogen (secondary N) is 1. The van der Waals surface area contributed by atoms with E-state index in [1.165, 1.54) is 29.5 Å². The van der Waals surface area contributed by atoms with Gasteiger partial charge in [-0.15, -0.1) is 0 Å². The molecular weight excluding hydrogens is 482 g/mol. The van der Waals surface area contributed by atoms with Gasteiger partial charge < -0.3 is 33.7 Å². The van der Waals surface area contributed by atoms with Crippen LogP contribution >= 0.6 is 0 Å². The average Bonchev–Trinajstić information content (AvgIpc) is 3.72. The van der Waals surface area contributed by atoms with Crippen molar-refractivity contribution in [3.63, 3.8) is 0 Å². The molecule has 8 nitrogen and oxygen atoms in total. The standard InChI is InChI=1S/C30H37N3O5/c1-35-23-6-7-26-24(16-23)22(18-31-26)5-8-27-25-17-29(38-19-20-3-4-20)28(36-2)15-21(25)9-10-33(27)30(34)32-11-13-37-14-12-32/h6-7,15-18,20,27,31H,3-5,8-14,19H2,1-2H3. The summed E-state index contributed by atoms with van der Waals surface area (Å²) in [6.07, 6.45) is 6.97. The number of carbonyl (C=O) groups is 1. The van der Waals surface area contributed by atoms with Crippen LogP contribution in [0.25, 0.3) is 10.9 Å². The number of nitrogens with zero attached hydrogens (tertiary/aromatic N) is 2. The van der Waals surface area contributed by atoms with E-state index in [0.29, 0.717) is 45.4 Å². The van der Waals surface area contributed by atoms with Crippen LogP contribution in [0.15, 0.2) is 36.5 Å². The van der Waals surface area contributed by atoms with Crippen LogP contribution in [-0.4, -0.2) is 74.5 Å². The van der Waals surface area contributed by atoms with Crippen molar-refractivity contribution in [2.45, 2.75) is 38.1 Å². The van der Waals surface area contributed by atoms with Gasteiger partial charge in [0.25, 0.3) is 0 Å². The van der Waals surface area contributed by atoms with Crippen molar-refractivity contribution in [1.82, 2.24) is 14.8 Å². The number of urea groups is 1. The van der Waals surface area contributed by atoms with Crippen LogP contribution < -0.4 is 14.2 Å². The summed E-state index contributed by atoms with van der Waals surface area (Å²) >= 11 is 0. The number of hydrogen-bond acceptors (Lipinski definition) is 5. The van der Waals surface area contributed by atoms with Gasteiger partial charge >= 0.3 is 6.03 Å². The quantitative estimate of drug-likeness (QED) is 0.455. The fourth-order valence-corrected chi connectivity index (χ4v) is 5.73. The van der Waals surface area contributed by atoms with E-state index in [0.717, 1.165) is 47.4 Å². The third kappa shape index (κ3) is 5.01. The molecule has 2 fully saturated rings. The number of morpholine rings is 1. The Bertz CT molecular complexity index is 1290. The lowest BCUT2D eigenvalue weighted by Crippen LogP contribution is -2.51. The fourth-order valence-electron chi connectivity index (χ4n) is 5.73. The number of aryl methyl sites for hydroxylation is 1. The first-order valence-electron chi connectivity index (χ1n) is 13.8. The van der Waals surface area contributed by atoms with Crippen LogP contribution in [0.1, 0.15) is 42.0 Å². The zero-order valence-corrected chi connectivity index (χ0v) is 22.3. The number of H-pyrrole nitrogens is 1. The molecule has 3 aromatic rings. The normalized spacial score (nSPS) is 19.4. The smallest absolute Gasteiger partial charge is 0.320 e. The maximum absolute atomic E-state index is 13.8. The second kappa shape index (κ2) is 10.8. The van der Waals surface area contributed by atoms with E-state index < -0.39 is 0 Å². The number of amides is 2. The van der Waals surface area contributed by atoms with Gasteiger partial charge in [-0.05, 0) is 85.0 Å². The molecule has 1 saturated carbocycles. The van der Waals surface area contributed by atoms with Crippen LogP contribution in [0.5, 0.6) is 17.2 Å². The Morgan fingerprint density at radius 1 is 1.05 bits per heavy atom. The van der Waals surface area contributed by atoms with Gasteiger partial charge in [-0.3, -0.25) is 0 Å². The molecule has 0 radical (unpaired) electrons. The second-order valence-corrected chi connectivity index (χ2v) is 10.6. The molecule has 8 heteroatoms. The van der Waals surface area contributed by atoms with Crippen molar-refractivity contribution >= 4 is 16.9 Å². The van der Waals surface area contributed by atoms with E-state index >= 15 is 0 Å². The largest absolute Gasteiger partial charge is 0.497 e. The summed E-state index contributed by atoms with van der Waals surface area (Å²) in [5, 5.41) is 1.16. The summed E-state index contributed by atoms with van der Waals surface area (Å²) < 4.78 is 22.9. The van der Waals surface area contributed by atoms with Crippen molar-refractivity contribution in [2.24, 2.45) is 5.92 Å². The van der Waals surface area contributed by atoms with Gasteiger partial charge in [0.15, 0.2) is 11.5 Å². The summed E-state index contributed by atoms with van der Waals surface area (Å²) in [5.41, 5.74) is 4.72. The minimum atomic E-state index is -0.0566. The van der Waals surface area contributed by atoms with Gasteiger partial charge in [-0.2, -0.15) is 0 Å². The zero-order chi connectivity index (χ0) is 26.1. The maximum Gasteiger partial charge on any atom is 0.320 e. The SMILES string of the molecule is COc1ccc2[nH]cc(CCC3c4cc(OCC5CC5)c(OC)cc4CCN3C(=O)N3CCOCC3)c2c1. The van der Waals surface area contributed by atoms with Gasteiger partial charge in [0, 0.05) is 36.7 Å². The molecule has 1 saturated heterocycles. The molecule has 3 aliphatic rings. The number of fused-ring (bicyclic) bond motifs is 2. The van der Waals surface area contributed by atoms with Crippen LogP contribution in [0.3, 0.4) is 0 Å². The Labute approximate surface area is 223 Å². The summed E-state index contributed by atoms with van der Waals surface area (Å²) in [5.74, 6) is 3.04. The number of hydrogen-bond donors (Lipinski definition) is 1. The monoisotopic (exact) mass is 519 g/mol. The molecule has 3 heterocycles. The minimum Gasteiger partial charge on any atom is -0.497 e. The van der Waals surface area contributed by atoms with E-state index in [4.69, 9.17) is 18.9 Å². The number of rotatable bonds is 8. The molecule has 38 heavy (non-hydrogen) atoms. The molecule has 1 unspecified atom stereocenters. The number of ether oxygens (including phenoxy) is 4. The van der Waals surface area contributed by atoms with E-state index in [1.807, 2.05) is 11.0 Å². The highest BCUT2D eigenvalue weighted by Gasteiger charge is 2.35. The Kier molecular flexibility index (Phi) is 7.06. The van der Waals surface area contributed by atoms with Gasteiger partial charge in [0.2, 0.25) is 0 Å². The topological polar surface area (TPSA) is 76.3 Å². The van der Waals surface area contributed by atoms with Crippen LogP contribution in [0.4, 0.5) is 4.79 Å². The number of aromatic nitrogens is 1. The fraction of sp³-hybridized carbons (Fsp3) is 0.500.